The number of carbonyl (C=O) groups excluding carboxylic acids is 1. The number of hydrogen-bond acceptors (Lipinski definition) is 3. The van der Waals surface area contributed by atoms with Crippen LogP contribution in [-0.2, 0) is 4.79 Å². The number of aliphatic imine (C=N–C) groups is 1. The lowest BCUT2D eigenvalue weighted by Gasteiger charge is -2.22. The lowest BCUT2D eigenvalue weighted by atomic mass is 10.1. The third-order valence-corrected chi connectivity index (χ3v) is 4.22. The Bertz CT molecular complexity index is 516. The molecule has 1 amide bonds. The number of benzene rings is 1. The zero-order valence-corrected chi connectivity index (χ0v) is 14.4. The molecular weight excluding hydrogens is 294 g/mol. The van der Waals surface area contributed by atoms with Crippen molar-refractivity contribution in [3.63, 3.8) is 0 Å². The Labute approximate surface area is 137 Å². The number of nitrogens with one attached hydrogen (secondary N) is 1. The molecular formula is C17H25N3OS. The van der Waals surface area contributed by atoms with Crippen LogP contribution in [-0.4, -0.2) is 40.4 Å². The van der Waals surface area contributed by atoms with Crippen molar-refractivity contribution in [3.8, 4) is 0 Å². The van der Waals surface area contributed by atoms with Crippen LogP contribution in [0, 0.1) is 0 Å². The van der Waals surface area contributed by atoms with Crippen LogP contribution < -0.4 is 5.32 Å². The molecule has 1 aliphatic rings. The molecule has 2 rings (SSSR count). The quantitative estimate of drug-likeness (QED) is 0.686. The molecule has 22 heavy (non-hydrogen) atoms. The van der Waals surface area contributed by atoms with Crippen molar-refractivity contribution in [3.05, 3.63) is 30.3 Å². The molecule has 1 fully saturated rings. The van der Waals surface area contributed by atoms with E-state index in [1.165, 1.54) is 24.6 Å². The fraction of sp³-hybridized carbons (Fsp3) is 0.529. The summed E-state index contributed by atoms with van der Waals surface area (Å²) < 4.78 is 0. The monoisotopic (exact) mass is 319 g/mol. The minimum atomic E-state index is -0.192. The summed E-state index contributed by atoms with van der Waals surface area (Å²) in [5.74, 6) is 0.455. The maximum atomic E-state index is 12.0. The molecule has 1 aromatic carbocycles. The Hall–Kier alpha value is -1.49. The van der Waals surface area contributed by atoms with Crippen molar-refractivity contribution in [2.75, 3.05) is 18.8 Å². The topological polar surface area (TPSA) is 44.7 Å². The number of nitrogens with zero attached hydrogens (tertiary/aromatic N) is 2. The van der Waals surface area contributed by atoms with Crippen LogP contribution >= 0.6 is 11.8 Å². The van der Waals surface area contributed by atoms with Gasteiger partial charge in [-0.15, -0.1) is 0 Å². The number of amidine groups is 1. The fourth-order valence-corrected chi connectivity index (χ4v) is 3.17. The van der Waals surface area contributed by atoms with E-state index in [-0.39, 0.29) is 11.4 Å². The van der Waals surface area contributed by atoms with Gasteiger partial charge in [-0.3, -0.25) is 4.79 Å². The maximum absolute atomic E-state index is 12.0. The standard InChI is InChI=1S/C17H25N3OS/c1-17(2,3)19-15(21)13-22-16(20-11-7-8-12-20)18-14-9-5-4-6-10-14/h4-6,9-10H,7-8,11-13H2,1-3H3,(H,19,21). The van der Waals surface area contributed by atoms with Crippen molar-refractivity contribution in [2.24, 2.45) is 4.99 Å². The lowest BCUT2D eigenvalue weighted by Crippen LogP contribution is -2.42. The highest BCUT2D eigenvalue weighted by Gasteiger charge is 2.19. The first-order valence-electron chi connectivity index (χ1n) is 7.76. The highest BCUT2D eigenvalue weighted by molar-refractivity contribution is 8.14. The summed E-state index contributed by atoms with van der Waals surface area (Å²) in [7, 11) is 0. The molecule has 1 aromatic rings. The molecule has 120 valence electrons. The van der Waals surface area contributed by atoms with E-state index in [0.717, 1.165) is 23.9 Å². The second-order valence-electron chi connectivity index (χ2n) is 6.51. The predicted octanol–water partition coefficient (Wildman–Crippen LogP) is 3.42. The molecule has 0 bridgehead atoms. The summed E-state index contributed by atoms with van der Waals surface area (Å²) in [6.07, 6.45) is 2.39. The van der Waals surface area contributed by atoms with Crippen molar-refractivity contribution < 1.29 is 4.79 Å². The first-order valence-corrected chi connectivity index (χ1v) is 8.75. The van der Waals surface area contributed by atoms with Crippen LogP contribution in [0.3, 0.4) is 0 Å². The van der Waals surface area contributed by atoms with Crippen molar-refractivity contribution in [1.29, 1.82) is 0 Å². The van der Waals surface area contributed by atoms with E-state index in [0.29, 0.717) is 5.75 Å². The molecule has 1 aliphatic heterocycles. The highest BCUT2D eigenvalue weighted by atomic mass is 32.2. The summed E-state index contributed by atoms with van der Waals surface area (Å²) in [6, 6.07) is 9.94. The van der Waals surface area contributed by atoms with Gasteiger partial charge >= 0.3 is 0 Å². The highest BCUT2D eigenvalue weighted by Crippen LogP contribution is 2.21. The molecule has 4 nitrogen and oxygen atoms in total. The molecule has 0 spiro atoms. The summed E-state index contributed by atoms with van der Waals surface area (Å²) in [5, 5.41) is 3.95. The third kappa shape index (κ3) is 5.72. The van der Waals surface area contributed by atoms with Crippen molar-refractivity contribution in [2.45, 2.75) is 39.2 Å². The summed E-state index contributed by atoms with van der Waals surface area (Å²) in [4.78, 5) is 19.0. The Morgan fingerprint density at radius 2 is 1.86 bits per heavy atom. The van der Waals surface area contributed by atoms with Gasteiger partial charge in [-0.05, 0) is 45.7 Å². The van der Waals surface area contributed by atoms with Crippen LogP contribution in [0.5, 0.6) is 0 Å². The molecule has 1 heterocycles. The van der Waals surface area contributed by atoms with Gasteiger partial charge in [-0.1, -0.05) is 30.0 Å². The minimum Gasteiger partial charge on any atom is -0.351 e. The van der Waals surface area contributed by atoms with Crippen LogP contribution in [0.4, 0.5) is 5.69 Å². The molecule has 5 heteroatoms. The van der Waals surface area contributed by atoms with Gasteiger partial charge in [0.25, 0.3) is 0 Å². The van der Waals surface area contributed by atoms with Gasteiger partial charge in [0.2, 0.25) is 5.91 Å². The SMILES string of the molecule is CC(C)(C)NC(=O)CSC(=Nc1ccccc1)N1CCCC1. The van der Waals surface area contributed by atoms with Crippen LogP contribution in [0.1, 0.15) is 33.6 Å². The van der Waals surface area contributed by atoms with Gasteiger partial charge in [0, 0.05) is 18.6 Å². The average Bonchev–Trinajstić information content (AvgIpc) is 2.96. The van der Waals surface area contributed by atoms with E-state index in [1.54, 1.807) is 0 Å². The van der Waals surface area contributed by atoms with E-state index in [4.69, 9.17) is 4.99 Å². The zero-order valence-electron chi connectivity index (χ0n) is 13.6. The van der Waals surface area contributed by atoms with E-state index in [9.17, 15) is 4.79 Å². The number of rotatable bonds is 3. The van der Waals surface area contributed by atoms with E-state index < -0.39 is 0 Å². The fourth-order valence-electron chi connectivity index (χ4n) is 2.30. The Morgan fingerprint density at radius 3 is 2.45 bits per heavy atom. The molecule has 0 saturated carbocycles. The molecule has 1 saturated heterocycles. The smallest absolute Gasteiger partial charge is 0.230 e. The zero-order chi connectivity index (χ0) is 16.0. The molecule has 0 aromatic heterocycles. The Balaban J connectivity index is 2.02. The third-order valence-electron chi connectivity index (χ3n) is 3.20. The molecule has 0 atom stereocenters. The van der Waals surface area contributed by atoms with Gasteiger partial charge in [0.1, 0.15) is 0 Å². The molecule has 0 unspecified atom stereocenters. The van der Waals surface area contributed by atoms with Crippen LogP contribution in [0.2, 0.25) is 0 Å². The van der Waals surface area contributed by atoms with Crippen molar-refractivity contribution in [1.82, 2.24) is 10.2 Å². The molecule has 0 aliphatic carbocycles. The normalized spacial score (nSPS) is 16.0. The first-order chi connectivity index (χ1) is 10.4. The summed E-state index contributed by atoms with van der Waals surface area (Å²) >= 11 is 1.53. The Kier molecular flexibility index (Phi) is 5.89. The number of hydrogen-bond donors (Lipinski definition) is 1. The van der Waals surface area contributed by atoms with E-state index in [1.807, 2.05) is 51.1 Å². The average molecular weight is 319 g/mol. The second kappa shape index (κ2) is 7.68. The number of para-hydroxylation sites is 1. The van der Waals surface area contributed by atoms with Crippen LogP contribution in [0.15, 0.2) is 35.3 Å². The lowest BCUT2D eigenvalue weighted by molar-refractivity contribution is -0.119. The van der Waals surface area contributed by atoms with Crippen molar-refractivity contribution >= 4 is 28.5 Å². The van der Waals surface area contributed by atoms with Crippen LogP contribution in [0.25, 0.3) is 0 Å². The second-order valence-corrected chi connectivity index (χ2v) is 7.45. The van der Waals surface area contributed by atoms with E-state index >= 15 is 0 Å². The maximum Gasteiger partial charge on any atom is 0.230 e. The Morgan fingerprint density at radius 1 is 1.23 bits per heavy atom. The first kappa shape index (κ1) is 16.9. The molecule has 0 radical (unpaired) electrons. The number of amides is 1. The van der Waals surface area contributed by atoms with Gasteiger partial charge in [-0.25, -0.2) is 4.99 Å². The minimum absolute atomic E-state index is 0.0532. The van der Waals surface area contributed by atoms with Gasteiger partial charge in [0.15, 0.2) is 5.17 Å². The van der Waals surface area contributed by atoms with Gasteiger partial charge < -0.3 is 10.2 Å². The van der Waals surface area contributed by atoms with Gasteiger partial charge in [-0.2, -0.15) is 0 Å². The van der Waals surface area contributed by atoms with E-state index in [2.05, 4.69) is 10.2 Å². The predicted molar refractivity (Wildman–Crippen MR) is 94.7 cm³/mol. The number of likely N-dealkylation sites (tertiary alicyclic amines) is 1. The number of thioether (sulfide) groups is 1. The summed E-state index contributed by atoms with van der Waals surface area (Å²) in [6.45, 7) is 8.04. The largest absolute Gasteiger partial charge is 0.351 e. The number of carbonyl (C=O) groups is 1. The summed E-state index contributed by atoms with van der Waals surface area (Å²) in [5.41, 5.74) is 0.746. The molecule has 1 N–H and O–H groups in total. The van der Waals surface area contributed by atoms with Gasteiger partial charge in [0.05, 0.1) is 11.4 Å².